The average Bonchev–Trinajstić information content (AvgIpc) is 3.17. The number of hydrogen-bond acceptors (Lipinski definition) is 3. The minimum atomic E-state index is -0.342. The van der Waals surface area contributed by atoms with E-state index in [-0.39, 0.29) is 11.7 Å². The Morgan fingerprint density at radius 1 is 0.900 bits per heavy atom. The normalized spacial score (nSPS) is 10.8. The Kier molecular flexibility index (Phi) is 5.50. The van der Waals surface area contributed by atoms with Gasteiger partial charge in [-0.2, -0.15) is 0 Å². The van der Waals surface area contributed by atoms with Crippen molar-refractivity contribution in [3.8, 4) is 17.1 Å². The molecule has 0 radical (unpaired) electrons. The van der Waals surface area contributed by atoms with Crippen LogP contribution in [0.3, 0.4) is 0 Å². The summed E-state index contributed by atoms with van der Waals surface area (Å²) < 4.78 is 2.67. The summed E-state index contributed by atoms with van der Waals surface area (Å²) in [5.74, 6) is 0.391. The number of hydrogen-bond donors (Lipinski definition) is 1. The van der Waals surface area contributed by atoms with Crippen LogP contribution in [-0.2, 0) is 0 Å². The number of halogens is 1. The third-order valence-electron chi connectivity index (χ3n) is 4.82. The number of rotatable bonds is 4. The molecule has 4 rings (SSSR count). The van der Waals surface area contributed by atoms with Gasteiger partial charge in [-0.1, -0.05) is 63.5 Å². The van der Waals surface area contributed by atoms with E-state index in [2.05, 4.69) is 31.3 Å². The third kappa shape index (κ3) is 4.19. The number of nitrogens with zero attached hydrogens (tertiary/aromatic N) is 3. The molecule has 150 valence electrons. The molecule has 1 amide bonds. The number of aromatic nitrogens is 3. The van der Waals surface area contributed by atoms with E-state index in [1.54, 1.807) is 4.68 Å². The molecule has 0 saturated carbocycles. The van der Waals surface area contributed by atoms with Gasteiger partial charge >= 0.3 is 0 Å². The molecule has 30 heavy (non-hydrogen) atoms. The van der Waals surface area contributed by atoms with E-state index in [1.165, 1.54) is 0 Å². The number of carbonyl (C=O) groups is 1. The minimum Gasteiger partial charge on any atom is -0.319 e. The maximum absolute atomic E-state index is 12.9. The Morgan fingerprint density at radius 3 is 2.23 bits per heavy atom. The number of amides is 1. The fraction of sp³-hybridized carbons (Fsp3) is 0.125. The van der Waals surface area contributed by atoms with Gasteiger partial charge in [0.05, 0.1) is 5.69 Å². The van der Waals surface area contributed by atoms with E-state index in [0.717, 1.165) is 38.1 Å². The van der Waals surface area contributed by atoms with Crippen LogP contribution in [0.25, 0.3) is 17.1 Å². The zero-order valence-electron chi connectivity index (χ0n) is 17.0. The van der Waals surface area contributed by atoms with Crippen molar-refractivity contribution in [3.63, 3.8) is 0 Å². The zero-order valence-corrected chi connectivity index (χ0v) is 18.6. The van der Waals surface area contributed by atoms with Crippen molar-refractivity contribution in [3.05, 3.63) is 93.7 Å². The van der Waals surface area contributed by atoms with Crippen molar-refractivity contribution in [1.82, 2.24) is 14.8 Å². The first kappa shape index (κ1) is 20.0. The predicted octanol–water partition coefficient (Wildman–Crippen LogP) is 5.87. The molecule has 0 atom stereocenters. The third-order valence-corrected chi connectivity index (χ3v) is 5.35. The zero-order chi connectivity index (χ0) is 21.3. The quantitative estimate of drug-likeness (QED) is 0.413. The summed E-state index contributed by atoms with van der Waals surface area (Å²) in [6.07, 6.45) is 0. The Morgan fingerprint density at radius 2 is 1.57 bits per heavy atom. The second kappa shape index (κ2) is 8.24. The van der Waals surface area contributed by atoms with Crippen LogP contribution < -0.4 is 5.32 Å². The summed E-state index contributed by atoms with van der Waals surface area (Å²) in [7, 11) is 0. The highest BCUT2D eigenvalue weighted by atomic mass is 79.9. The number of nitrogens with one attached hydrogen (secondary N) is 1. The Labute approximate surface area is 183 Å². The van der Waals surface area contributed by atoms with Crippen molar-refractivity contribution in [2.45, 2.75) is 20.8 Å². The van der Waals surface area contributed by atoms with Crippen LogP contribution in [-0.4, -0.2) is 20.7 Å². The van der Waals surface area contributed by atoms with Crippen LogP contribution in [0.5, 0.6) is 0 Å². The molecule has 0 saturated heterocycles. The van der Waals surface area contributed by atoms with E-state index in [4.69, 9.17) is 0 Å². The Hall–Kier alpha value is -3.25. The molecule has 3 aromatic carbocycles. The van der Waals surface area contributed by atoms with Gasteiger partial charge in [0, 0.05) is 15.7 Å². The summed E-state index contributed by atoms with van der Waals surface area (Å²) in [6.45, 7) is 6.02. The summed E-state index contributed by atoms with van der Waals surface area (Å²) in [4.78, 5) is 17.5. The highest BCUT2D eigenvalue weighted by Crippen LogP contribution is 2.24. The molecule has 0 unspecified atom stereocenters. The number of aryl methyl sites for hydroxylation is 3. The second-order valence-electron chi connectivity index (χ2n) is 7.29. The standard InChI is InChI=1S/C24H21BrN4O/c1-15-4-7-18(8-5-15)23-27-22(28-29(23)20-11-9-19(25)10-12-20)24(30)26-21-13-6-16(2)14-17(21)3/h4-14H,1-3H3,(H,26,30). The van der Waals surface area contributed by atoms with Gasteiger partial charge in [-0.3, -0.25) is 4.79 Å². The lowest BCUT2D eigenvalue weighted by molar-refractivity contribution is 0.101. The molecule has 4 aromatic rings. The van der Waals surface area contributed by atoms with Gasteiger partial charge in [0.2, 0.25) is 5.82 Å². The van der Waals surface area contributed by atoms with Gasteiger partial charge in [0.25, 0.3) is 5.91 Å². The van der Waals surface area contributed by atoms with Gasteiger partial charge in [0.15, 0.2) is 5.82 Å². The molecule has 5 nitrogen and oxygen atoms in total. The molecule has 0 aliphatic carbocycles. The van der Waals surface area contributed by atoms with E-state index in [0.29, 0.717) is 5.82 Å². The van der Waals surface area contributed by atoms with Crippen LogP contribution in [0.15, 0.2) is 71.2 Å². The molecule has 0 aliphatic heterocycles. The Bertz CT molecular complexity index is 1150. The summed E-state index contributed by atoms with van der Waals surface area (Å²) in [5.41, 5.74) is 5.76. The first-order chi connectivity index (χ1) is 14.4. The fourth-order valence-electron chi connectivity index (χ4n) is 3.19. The molecule has 0 aliphatic rings. The van der Waals surface area contributed by atoms with E-state index >= 15 is 0 Å². The molecule has 1 N–H and O–H groups in total. The van der Waals surface area contributed by atoms with Crippen molar-refractivity contribution >= 4 is 27.5 Å². The molecule has 1 aromatic heterocycles. The summed E-state index contributed by atoms with van der Waals surface area (Å²) in [6, 6.07) is 21.6. The van der Waals surface area contributed by atoms with Gasteiger partial charge in [-0.25, -0.2) is 9.67 Å². The van der Waals surface area contributed by atoms with Crippen molar-refractivity contribution in [2.75, 3.05) is 5.32 Å². The topological polar surface area (TPSA) is 59.8 Å². The first-order valence-corrected chi connectivity index (χ1v) is 10.4. The van der Waals surface area contributed by atoms with Crippen LogP contribution in [0.2, 0.25) is 0 Å². The Balaban J connectivity index is 1.75. The first-order valence-electron chi connectivity index (χ1n) is 9.59. The van der Waals surface area contributed by atoms with Gasteiger partial charge in [-0.05, 0) is 56.7 Å². The SMILES string of the molecule is Cc1ccc(-c2nc(C(=O)Nc3ccc(C)cc3C)nn2-c2ccc(Br)cc2)cc1. The van der Waals surface area contributed by atoms with E-state index in [1.807, 2.05) is 87.5 Å². The lowest BCUT2D eigenvalue weighted by Crippen LogP contribution is -2.15. The maximum Gasteiger partial charge on any atom is 0.295 e. The van der Waals surface area contributed by atoms with Crippen molar-refractivity contribution in [1.29, 1.82) is 0 Å². The van der Waals surface area contributed by atoms with Gasteiger partial charge in [-0.15, -0.1) is 5.10 Å². The number of anilines is 1. The number of carbonyl (C=O) groups excluding carboxylic acids is 1. The average molecular weight is 461 g/mol. The highest BCUT2D eigenvalue weighted by molar-refractivity contribution is 9.10. The second-order valence-corrected chi connectivity index (χ2v) is 8.20. The predicted molar refractivity (Wildman–Crippen MR) is 123 cm³/mol. The molecule has 1 heterocycles. The molecule has 6 heteroatoms. The van der Waals surface area contributed by atoms with Crippen LogP contribution in [0.1, 0.15) is 27.3 Å². The smallest absolute Gasteiger partial charge is 0.295 e. The lowest BCUT2D eigenvalue weighted by Gasteiger charge is -2.07. The summed E-state index contributed by atoms with van der Waals surface area (Å²) >= 11 is 3.46. The maximum atomic E-state index is 12.9. The van der Waals surface area contributed by atoms with Gasteiger partial charge < -0.3 is 5.32 Å². The minimum absolute atomic E-state index is 0.119. The fourth-order valence-corrected chi connectivity index (χ4v) is 3.46. The number of benzene rings is 3. The lowest BCUT2D eigenvalue weighted by atomic mass is 10.1. The molecule has 0 bridgehead atoms. The van der Waals surface area contributed by atoms with Crippen molar-refractivity contribution in [2.24, 2.45) is 0 Å². The monoisotopic (exact) mass is 460 g/mol. The summed E-state index contributed by atoms with van der Waals surface area (Å²) in [5, 5.41) is 7.46. The largest absolute Gasteiger partial charge is 0.319 e. The van der Waals surface area contributed by atoms with Crippen LogP contribution in [0.4, 0.5) is 5.69 Å². The van der Waals surface area contributed by atoms with E-state index < -0.39 is 0 Å². The molecule has 0 fully saturated rings. The molecule has 0 spiro atoms. The van der Waals surface area contributed by atoms with Crippen molar-refractivity contribution < 1.29 is 4.79 Å². The van der Waals surface area contributed by atoms with E-state index in [9.17, 15) is 4.79 Å². The van der Waals surface area contributed by atoms with Gasteiger partial charge in [0.1, 0.15) is 0 Å². The van der Waals surface area contributed by atoms with Crippen LogP contribution >= 0.6 is 15.9 Å². The van der Waals surface area contributed by atoms with Crippen LogP contribution in [0, 0.1) is 20.8 Å². The molecular formula is C24H21BrN4O. The highest BCUT2D eigenvalue weighted by Gasteiger charge is 2.19. The molecular weight excluding hydrogens is 440 g/mol.